The number of morpholine rings is 1. The predicted octanol–water partition coefficient (Wildman–Crippen LogP) is 1.32. The average Bonchev–Trinajstić information content (AvgIpc) is 3.33. The van der Waals surface area contributed by atoms with E-state index >= 15 is 0 Å². The van der Waals surface area contributed by atoms with Gasteiger partial charge in [-0.25, -0.2) is 19.2 Å². The Morgan fingerprint density at radius 1 is 1.44 bits per heavy atom. The number of carboxylic acid groups (broad SMARTS) is 1. The summed E-state index contributed by atoms with van der Waals surface area (Å²) in [6.45, 7) is 0.757. The van der Waals surface area contributed by atoms with Crippen LogP contribution >= 0.6 is 22.9 Å². The molecule has 0 aliphatic carbocycles. The van der Waals surface area contributed by atoms with Crippen molar-refractivity contribution in [2.75, 3.05) is 33.4 Å². The first-order valence-electron chi connectivity index (χ1n) is 9.95. The van der Waals surface area contributed by atoms with Gasteiger partial charge in [0.1, 0.15) is 11.9 Å². The molecule has 13 heteroatoms. The van der Waals surface area contributed by atoms with E-state index in [1.807, 2.05) is 0 Å². The second-order valence-corrected chi connectivity index (χ2v) is 8.59. The summed E-state index contributed by atoms with van der Waals surface area (Å²) in [4.78, 5) is 35.3. The number of aromatic nitrogens is 1. The van der Waals surface area contributed by atoms with E-state index in [0.717, 1.165) is 6.07 Å². The number of carbonyl (C=O) groups excluding carboxylic acids is 1. The topological polar surface area (TPSA) is 113 Å². The molecule has 0 spiro atoms. The fraction of sp³-hybridized carbons (Fsp3) is 0.333. The molecule has 2 aliphatic rings. The van der Waals surface area contributed by atoms with E-state index < -0.39 is 29.8 Å². The van der Waals surface area contributed by atoms with Crippen LogP contribution in [0, 0.1) is 5.82 Å². The Morgan fingerprint density at radius 2 is 2.24 bits per heavy atom. The molecule has 0 radical (unpaired) electrons. The molecule has 0 saturated carbocycles. The Kier molecular flexibility index (Phi) is 9.44. The van der Waals surface area contributed by atoms with E-state index in [-0.39, 0.29) is 61.5 Å². The van der Waals surface area contributed by atoms with Crippen molar-refractivity contribution < 1.29 is 28.6 Å². The summed E-state index contributed by atoms with van der Waals surface area (Å²) in [7, 11) is 1.24. The fourth-order valence-corrected chi connectivity index (χ4v) is 4.60. The number of hydrogen-bond acceptors (Lipinski definition) is 9. The number of esters is 1. The number of ether oxygens (including phenoxy) is 2. The van der Waals surface area contributed by atoms with Crippen LogP contribution in [-0.4, -0.2) is 110 Å². The predicted molar refractivity (Wildman–Crippen MR) is 127 cm³/mol. The van der Waals surface area contributed by atoms with Gasteiger partial charge in [0.25, 0.3) is 0 Å². The summed E-state index contributed by atoms with van der Waals surface area (Å²) < 4.78 is 24.1. The number of nitrogens with one attached hydrogen (secondary N) is 1. The third kappa shape index (κ3) is 5.78. The maximum atomic E-state index is 13.7. The Labute approximate surface area is 233 Å². The summed E-state index contributed by atoms with van der Waals surface area (Å²) in [5.74, 6) is -1.83. The van der Waals surface area contributed by atoms with Crippen molar-refractivity contribution in [3.63, 3.8) is 0 Å². The van der Waals surface area contributed by atoms with Crippen molar-refractivity contribution in [1.82, 2.24) is 15.2 Å². The number of aliphatic imine (C=N–C) groups is 1. The van der Waals surface area contributed by atoms with E-state index in [2.05, 4.69) is 15.3 Å². The number of amidine groups is 1. The van der Waals surface area contributed by atoms with Gasteiger partial charge in [0.2, 0.25) is 0 Å². The summed E-state index contributed by atoms with van der Waals surface area (Å²) in [5, 5.41) is 15.2. The van der Waals surface area contributed by atoms with Crippen molar-refractivity contribution in [3.05, 3.63) is 62.5 Å². The van der Waals surface area contributed by atoms with Crippen molar-refractivity contribution in [2.24, 2.45) is 4.99 Å². The van der Waals surface area contributed by atoms with Crippen LogP contribution in [0.2, 0.25) is 5.02 Å². The van der Waals surface area contributed by atoms with Crippen LogP contribution in [0.1, 0.15) is 16.6 Å². The molecule has 2 unspecified atom stereocenters. The van der Waals surface area contributed by atoms with Crippen LogP contribution in [0.4, 0.5) is 4.39 Å². The van der Waals surface area contributed by atoms with Gasteiger partial charge in [0.05, 0.1) is 37.6 Å². The minimum atomic E-state index is -1.04. The molecule has 4 rings (SSSR count). The van der Waals surface area contributed by atoms with Gasteiger partial charge in [-0.3, -0.25) is 9.69 Å². The molecule has 9 nitrogen and oxygen atoms in total. The second-order valence-electron chi connectivity index (χ2n) is 7.29. The third-order valence-electron chi connectivity index (χ3n) is 5.32. The van der Waals surface area contributed by atoms with Crippen molar-refractivity contribution >= 4 is 78.5 Å². The monoisotopic (exact) mass is 536 g/mol. The zero-order valence-corrected chi connectivity index (χ0v) is 19.0. The summed E-state index contributed by atoms with van der Waals surface area (Å²) in [6, 6.07) is 2.17. The summed E-state index contributed by atoms with van der Waals surface area (Å²) in [6.07, 6.45) is 1.62. The number of carboxylic acids is 1. The van der Waals surface area contributed by atoms with Gasteiger partial charge in [-0.1, -0.05) is 17.7 Å². The van der Waals surface area contributed by atoms with Crippen LogP contribution < -0.4 is 5.32 Å². The first-order chi connectivity index (χ1) is 15.9. The van der Waals surface area contributed by atoms with Crippen LogP contribution in [-0.2, 0) is 19.1 Å². The number of methoxy groups -OCH3 is 1. The molecule has 1 aromatic carbocycles. The summed E-state index contributed by atoms with van der Waals surface area (Å²) >= 11 is 7.68. The first kappa shape index (κ1) is 27.0. The number of thiazole rings is 1. The standard InChI is InChI=1S/C21H20ClFN4O5S.Ca.2H/c1-31-21(30)16-14(9-27-5-6-32-10-15(27)20(28)29)25-18(19-24-4-7-33-19)26-17(16)12-3-2-11(23)8-13(12)22;;;/h2-4,7-8,15,17H,5-6,9-10H2,1H3,(H,25,26)(H,28,29);;;. The first-order valence-corrected chi connectivity index (χ1v) is 11.2. The van der Waals surface area contributed by atoms with Gasteiger partial charge >= 0.3 is 49.7 Å². The molecule has 2 aromatic rings. The van der Waals surface area contributed by atoms with Crippen LogP contribution in [0.5, 0.6) is 0 Å². The Balaban J connectivity index is 0.00000324. The average molecular weight is 537 g/mol. The molecule has 2 aliphatic heterocycles. The van der Waals surface area contributed by atoms with Crippen molar-refractivity contribution in [3.8, 4) is 0 Å². The molecule has 0 amide bonds. The Morgan fingerprint density at radius 3 is 2.88 bits per heavy atom. The van der Waals surface area contributed by atoms with Crippen LogP contribution in [0.3, 0.4) is 0 Å². The van der Waals surface area contributed by atoms with Crippen molar-refractivity contribution in [1.29, 1.82) is 0 Å². The van der Waals surface area contributed by atoms with Gasteiger partial charge in [0.15, 0.2) is 10.8 Å². The molecule has 2 N–H and O–H groups in total. The third-order valence-corrected chi connectivity index (χ3v) is 6.43. The zero-order valence-electron chi connectivity index (χ0n) is 17.5. The molecule has 0 bridgehead atoms. The van der Waals surface area contributed by atoms with E-state index in [1.54, 1.807) is 16.5 Å². The maximum absolute atomic E-state index is 13.7. The van der Waals surface area contributed by atoms with E-state index in [9.17, 15) is 19.1 Å². The number of halogens is 2. The molecule has 1 aromatic heterocycles. The fourth-order valence-electron chi connectivity index (χ4n) is 3.74. The van der Waals surface area contributed by atoms with Gasteiger partial charge in [-0.15, -0.1) is 11.3 Å². The molecule has 1 fully saturated rings. The van der Waals surface area contributed by atoms with Gasteiger partial charge in [-0.2, -0.15) is 0 Å². The SMILES string of the molecule is COC(=O)C1=C(CN2CCOCC2C(=O)O)N=C(c2nccs2)NC1c1ccc(F)cc1Cl.[CaH2]. The normalized spacial score (nSPS) is 20.7. The molecular weight excluding hydrogens is 515 g/mol. The second kappa shape index (κ2) is 11.9. The van der Waals surface area contributed by atoms with E-state index in [4.69, 9.17) is 21.1 Å². The summed E-state index contributed by atoms with van der Waals surface area (Å²) in [5.41, 5.74) is 0.906. The van der Waals surface area contributed by atoms with Gasteiger partial charge in [0, 0.05) is 29.7 Å². The molecule has 34 heavy (non-hydrogen) atoms. The van der Waals surface area contributed by atoms with Crippen LogP contribution in [0.25, 0.3) is 0 Å². The Bertz CT molecular complexity index is 1130. The van der Waals surface area contributed by atoms with E-state index in [0.29, 0.717) is 35.3 Å². The minimum absolute atomic E-state index is 0. The molecule has 178 valence electrons. The number of aliphatic carboxylic acids is 1. The number of carbonyl (C=O) groups is 2. The molecule has 1 saturated heterocycles. The van der Waals surface area contributed by atoms with Gasteiger partial charge in [-0.05, 0) is 17.7 Å². The van der Waals surface area contributed by atoms with Crippen molar-refractivity contribution in [2.45, 2.75) is 12.1 Å². The number of hydrogen-bond donors (Lipinski definition) is 2. The Hall–Kier alpha value is -1.60. The number of nitrogens with zero attached hydrogens (tertiary/aromatic N) is 3. The molecule has 2 atom stereocenters. The molecule has 3 heterocycles. The van der Waals surface area contributed by atoms with Crippen LogP contribution in [0.15, 0.2) is 46.0 Å². The number of rotatable bonds is 6. The zero-order chi connectivity index (χ0) is 23.5. The number of benzene rings is 1. The quantitative estimate of drug-likeness (QED) is 0.420. The van der Waals surface area contributed by atoms with Gasteiger partial charge < -0.3 is 19.9 Å². The van der Waals surface area contributed by atoms with E-state index in [1.165, 1.54) is 30.6 Å². The molecular formula is C21H22CaClFN4O5S.